The van der Waals surface area contributed by atoms with Crippen LogP contribution in [0.3, 0.4) is 0 Å². The van der Waals surface area contributed by atoms with Crippen LogP contribution in [0.15, 0.2) is 24.3 Å². The van der Waals surface area contributed by atoms with E-state index < -0.39 is 0 Å². The van der Waals surface area contributed by atoms with E-state index >= 15 is 0 Å². The normalized spacial score (nSPS) is 19.8. The number of nitrogens with zero attached hydrogens (tertiary/aromatic N) is 3. The molecule has 1 N–H and O–H groups in total. The third-order valence-corrected chi connectivity index (χ3v) is 4.35. The molecule has 0 spiro atoms. The first-order chi connectivity index (χ1) is 10.2. The lowest BCUT2D eigenvalue weighted by atomic mass is 10.2. The Kier molecular flexibility index (Phi) is 4.51. The minimum atomic E-state index is 0.183. The molecule has 0 aromatic heterocycles. The van der Waals surface area contributed by atoms with Crippen LogP contribution in [0.2, 0.25) is 5.02 Å². The molecule has 0 unspecified atom stereocenters. The highest BCUT2D eigenvalue weighted by atomic mass is 35.5. The minimum absolute atomic E-state index is 0.183. The van der Waals surface area contributed by atoms with Gasteiger partial charge in [0.15, 0.2) is 0 Å². The van der Waals surface area contributed by atoms with E-state index in [1.165, 1.54) is 0 Å². The number of urea groups is 1. The first-order valence-corrected chi connectivity index (χ1v) is 7.87. The van der Waals surface area contributed by atoms with Gasteiger partial charge in [0.05, 0.1) is 0 Å². The van der Waals surface area contributed by atoms with Crippen molar-refractivity contribution in [3.05, 3.63) is 29.3 Å². The lowest BCUT2D eigenvalue weighted by molar-refractivity contribution is 0.144. The summed E-state index contributed by atoms with van der Waals surface area (Å²) < 4.78 is 0. The first-order valence-electron chi connectivity index (χ1n) is 7.49. The average molecular weight is 309 g/mol. The number of hydrogen-bond acceptors (Lipinski definition) is 3. The van der Waals surface area contributed by atoms with Crippen LogP contribution in [0, 0.1) is 0 Å². The van der Waals surface area contributed by atoms with E-state index in [9.17, 15) is 4.79 Å². The monoisotopic (exact) mass is 308 g/mol. The zero-order valence-corrected chi connectivity index (χ0v) is 12.9. The second-order valence-corrected chi connectivity index (χ2v) is 5.91. The molecule has 0 bridgehead atoms. The third kappa shape index (κ3) is 3.41. The fourth-order valence-corrected chi connectivity index (χ4v) is 3.07. The van der Waals surface area contributed by atoms with Crippen molar-refractivity contribution in [3.8, 4) is 0 Å². The molecule has 21 heavy (non-hydrogen) atoms. The van der Waals surface area contributed by atoms with Gasteiger partial charge in [0, 0.05) is 63.1 Å². The molecular weight excluding hydrogens is 288 g/mol. The van der Waals surface area contributed by atoms with Gasteiger partial charge in [-0.2, -0.15) is 0 Å². The smallest absolute Gasteiger partial charge is 0.320 e. The molecule has 0 atom stereocenters. The van der Waals surface area contributed by atoms with Gasteiger partial charge in [-0.3, -0.25) is 0 Å². The fraction of sp³-hybridized carbons (Fsp3) is 0.533. The standard InChI is InChI=1S/C15H21ClN4O/c16-13-2-1-3-14(12-13)18-8-10-20(11-9-18)15(21)19-6-4-17-5-7-19/h1-3,12,17H,4-11H2. The second-order valence-electron chi connectivity index (χ2n) is 5.47. The molecule has 2 saturated heterocycles. The Labute approximate surface area is 130 Å². The lowest BCUT2D eigenvalue weighted by Gasteiger charge is -2.39. The summed E-state index contributed by atoms with van der Waals surface area (Å²) in [6.45, 7) is 6.68. The van der Waals surface area contributed by atoms with E-state index in [0.29, 0.717) is 0 Å². The molecule has 0 aliphatic carbocycles. The average Bonchev–Trinajstić information content (AvgIpc) is 2.55. The van der Waals surface area contributed by atoms with Crippen LogP contribution in [0.4, 0.5) is 10.5 Å². The summed E-state index contributed by atoms with van der Waals surface area (Å²) in [6, 6.07) is 8.09. The lowest BCUT2D eigenvalue weighted by Crippen LogP contribution is -2.56. The van der Waals surface area contributed by atoms with Crippen molar-refractivity contribution in [2.45, 2.75) is 0 Å². The third-order valence-electron chi connectivity index (χ3n) is 4.11. The van der Waals surface area contributed by atoms with Gasteiger partial charge in [-0.25, -0.2) is 4.79 Å². The van der Waals surface area contributed by atoms with Gasteiger partial charge < -0.3 is 20.0 Å². The van der Waals surface area contributed by atoms with Gasteiger partial charge in [0.1, 0.15) is 0 Å². The maximum Gasteiger partial charge on any atom is 0.320 e. The molecule has 114 valence electrons. The van der Waals surface area contributed by atoms with E-state index in [4.69, 9.17) is 11.6 Å². The highest BCUT2D eigenvalue weighted by Crippen LogP contribution is 2.21. The van der Waals surface area contributed by atoms with Crippen LogP contribution in [0.5, 0.6) is 0 Å². The van der Waals surface area contributed by atoms with E-state index in [2.05, 4.69) is 16.3 Å². The summed E-state index contributed by atoms with van der Waals surface area (Å²) in [5, 5.41) is 4.03. The molecule has 2 amide bonds. The largest absolute Gasteiger partial charge is 0.368 e. The number of benzene rings is 1. The van der Waals surface area contributed by atoms with Crippen LogP contribution in [0.25, 0.3) is 0 Å². The molecule has 6 heteroatoms. The van der Waals surface area contributed by atoms with Crippen molar-refractivity contribution in [1.82, 2.24) is 15.1 Å². The molecule has 2 heterocycles. The maximum atomic E-state index is 12.4. The van der Waals surface area contributed by atoms with Crippen LogP contribution in [-0.2, 0) is 0 Å². The summed E-state index contributed by atoms with van der Waals surface area (Å²) >= 11 is 6.04. The van der Waals surface area contributed by atoms with Crippen LogP contribution < -0.4 is 10.2 Å². The van der Waals surface area contributed by atoms with Gasteiger partial charge in [-0.05, 0) is 18.2 Å². The van der Waals surface area contributed by atoms with E-state index in [1.54, 1.807) is 0 Å². The Morgan fingerprint density at radius 1 is 1.00 bits per heavy atom. The Morgan fingerprint density at radius 3 is 2.33 bits per heavy atom. The molecule has 2 aliphatic rings. The van der Waals surface area contributed by atoms with Crippen molar-refractivity contribution in [1.29, 1.82) is 0 Å². The summed E-state index contributed by atoms with van der Waals surface area (Å²) in [7, 11) is 0. The number of rotatable bonds is 1. The van der Waals surface area contributed by atoms with E-state index in [1.807, 2.05) is 28.0 Å². The number of anilines is 1. The Morgan fingerprint density at radius 2 is 1.67 bits per heavy atom. The fourth-order valence-electron chi connectivity index (χ4n) is 2.88. The highest BCUT2D eigenvalue weighted by Gasteiger charge is 2.26. The van der Waals surface area contributed by atoms with Gasteiger partial charge in [-0.15, -0.1) is 0 Å². The minimum Gasteiger partial charge on any atom is -0.368 e. The quantitative estimate of drug-likeness (QED) is 0.854. The number of nitrogens with one attached hydrogen (secondary N) is 1. The molecule has 3 rings (SSSR count). The number of hydrogen-bond donors (Lipinski definition) is 1. The highest BCUT2D eigenvalue weighted by molar-refractivity contribution is 6.30. The molecular formula is C15H21ClN4O. The molecule has 0 radical (unpaired) electrons. The number of carbonyl (C=O) groups is 1. The SMILES string of the molecule is O=C(N1CCNCC1)N1CCN(c2cccc(Cl)c2)CC1. The molecule has 1 aromatic rings. The number of piperazine rings is 2. The topological polar surface area (TPSA) is 38.8 Å². The van der Waals surface area contributed by atoms with Crippen molar-refractivity contribution < 1.29 is 4.79 Å². The van der Waals surface area contributed by atoms with Crippen LogP contribution >= 0.6 is 11.6 Å². The van der Waals surface area contributed by atoms with Crippen LogP contribution in [0.1, 0.15) is 0 Å². The summed E-state index contributed by atoms with van der Waals surface area (Å²) in [5.74, 6) is 0. The van der Waals surface area contributed by atoms with Crippen molar-refractivity contribution in [3.63, 3.8) is 0 Å². The summed E-state index contributed by atoms with van der Waals surface area (Å²) in [6.07, 6.45) is 0. The second kappa shape index (κ2) is 6.54. The Bertz CT molecular complexity index is 496. The molecule has 0 saturated carbocycles. The van der Waals surface area contributed by atoms with Gasteiger partial charge in [0.25, 0.3) is 0 Å². The zero-order valence-electron chi connectivity index (χ0n) is 12.1. The molecule has 1 aromatic carbocycles. The zero-order chi connectivity index (χ0) is 14.7. The van der Waals surface area contributed by atoms with E-state index in [0.717, 1.165) is 63.1 Å². The molecule has 2 fully saturated rings. The van der Waals surface area contributed by atoms with Crippen molar-refractivity contribution >= 4 is 23.3 Å². The van der Waals surface area contributed by atoms with Gasteiger partial charge >= 0.3 is 6.03 Å². The van der Waals surface area contributed by atoms with E-state index in [-0.39, 0.29) is 6.03 Å². The van der Waals surface area contributed by atoms with Gasteiger partial charge in [0.2, 0.25) is 0 Å². The number of halogens is 1. The Hall–Kier alpha value is -1.46. The Balaban J connectivity index is 1.56. The predicted octanol–water partition coefficient (Wildman–Crippen LogP) is 1.49. The van der Waals surface area contributed by atoms with Crippen molar-refractivity contribution in [2.24, 2.45) is 0 Å². The first kappa shape index (κ1) is 14.5. The maximum absolute atomic E-state index is 12.4. The molecule has 5 nitrogen and oxygen atoms in total. The van der Waals surface area contributed by atoms with Crippen molar-refractivity contribution in [2.75, 3.05) is 57.3 Å². The van der Waals surface area contributed by atoms with Gasteiger partial charge in [-0.1, -0.05) is 17.7 Å². The summed E-state index contributed by atoms with van der Waals surface area (Å²) in [4.78, 5) is 18.6. The molecule has 2 aliphatic heterocycles. The number of carbonyl (C=O) groups excluding carboxylic acids is 1. The summed E-state index contributed by atoms with van der Waals surface area (Å²) in [5.41, 5.74) is 1.14. The number of amides is 2. The predicted molar refractivity (Wildman–Crippen MR) is 85.1 cm³/mol. The van der Waals surface area contributed by atoms with Crippen LogP contribution in [-0.4, -0.2) is 68.2 Å².